The molecular weight excluding hydrogens is 482 g/mol. The number of primary sulfonamides is 1. The second-order valence-electron chi connectivity index (χ2n) is 8.93. The zero-order valence-corrected chi connectivity index (χ0v) is 19.8. The predicted octanol–water partition coefficient (Wildman–Crippen LogP) is 4.63. The standard InChI is InChI=1S/C25H21ClF2N2O3S/c1-13-6-17-10-22(28)24(34(29,32)33)12-23(17)30(13)25(31)18-7-14-2-3-15(8-16(14)9-18)20-11-19(27)4-5-21(20)26/h2-5,8,10-13,18H,6-7,9H2,1H3,(H2,29,32,33)/t13-,18?/m1/s1. The van der Waals surface area contributed by atoms with Crippen LogP contribution in [-0.2, 0) is 34.1 Å². The van der Waals surface area contributed by atoms with Crippen LogP contribution in [-0.4, -0.2) is 20.4 Å². The van der Waals surface area contributed by atoms with Crippen molar-refractivity contribution in [3.05, 3.63) is 81.9 Å². The van der Waals surface area contributed by atoms with Gasteiger partial charge >= 0.3 is 0 Å². The molecule has 0 radical (unpaired) electrons. The first kappa shape index (κ1) is 23.0. The first-order chi connectivity index (χ1) is 16.0. The van der Waals surface area contributed by atoms with E-state index in [2.05, 4.69) is 0 Å². The largest absolute Gasteiger partial charge is 0.309 e. The molecule has 9 heteroatoms. The van der Waals surface area contributed by atoms with Gasteiger partial charge in [-0.1, -0.05) is 29.8 Å². The zero-order chi connectivity index (χ0) is 24.4. The van der Waals surface area contributed by atoms with Crippen molar-refractivity contribution in [2.75, 3.05) is 4.90 Å². The molecule has 1 aliphatic carbocycles. The van der Waals surface area contributed by atoms with Gasteiger partial charge in [-0.2, -0.15) is 0 Å². The van der Waals surface area contributed by atoms with Crippen molar-refractivity contribution in [3.63, 3.8) is 0 Å². The number of fused-ring (bicyclic) bond motifs is 2. The van der Waals surface area contributed by atoms with E-state index >= 15 is 0 Å². The minimum Gasteiger partial charge on any atom is -0.309 e. The highest BCUT2D eigenvalue weighted by Gasteiger charge is 2.38. The second-order valence-corrected chi connectivity index (χ2v) is 10.9. The van der Waals surface area contributed by atoms with E-state index in [0.29, 0.717) is 41.1 Å². The molecule has 0 spiro atoms. The summed E-state index contributed by atoms with van der Waals surface area (Å²) in [6.07, 6.45) is 1.43. The summed E-state index contributed by atoms with van der Waals surface area (Å²) in [5.41, 5.74) is 4.30. The number of hydrogen-bond donors (Lipinski definition) is 1. The van der Waals surface area contributed by atoms with Gasteiger partial charge in [0.15, 0.2) is 0 Å². The molecule has 176 valence electrons. The summed E-state index contributed by atoms with van der Waals surface area (Å²) in [6, 6.07) is 12.0. The third-order valence-electron chi connectivity index (χ3n) is 6.62. The topological polar surface area (TPSA) is 80.5 Å². The van der Waals surface area contributed by atoms with Gasteiger partial charge in [0.1, 0.15) is 16.5 Å². The van der Waals surface area contributed by atoms with Crippen molar-refractivity contribution >= 4 is 33.2 Å². The molecule has 0 bridgehead atoms. The molecule has 0 aromatic heterocycles. The number of sulfonamides is 1. The van der Waals surface area contributed by atoms with E-state index < -0.39 is 20.7 Å². The van der Waals surface area contributed by atoms with Crippen LogP contribution in [0.15, 0.2) is 53.4 Å². The van der Waals surface area contributed by atoms with Gasteiger partial charge in [0.05, 0.1) is 0 Å². The van der Waals surface area contributed by atoms with Crippen molar-refractivity contribution in [2.24, 2.45) is 11.1 Å². The number of nitrogens with two attached hydrogens (primary N) is 1. The number of nitrogens with zero attached hydrogens (tertiary/aromatic N) is 1. The average molecular weight is 503 g/mol. The Morgan fingerprint density at radius 1 is 1.00 bits per heavy atom. The molecular formula is C25H21ClF2N2O3S. The van der Waals surface area contributed by atoms with Crippen LogP contribution in [0.5, 0.6) is 0 Å². The highest BCUT2D eigenvalue weighted by atomic mass is 35.5. The monoisotopic (exact) mass is 502 g/mol. The number of carbonyl (C=O) groups excluding carboxylic acids is 1. The lowest BCUT2D eigenvalue weighted by Gasteiger charge is -2.26. The number of amides is 1. The molecule has 5 rings (SSSR count). The maximum Gasteiger partial charge on any atom is 0.241 e. The van der Waals surface area contributed by atoms with Gasteiger partial charge in [0.25, 0.3) is 0 Å². The number of carbonyl (C=O) groups is 1. The summed E-state index contributed by atoms with van der Waals surface area (Å²) in [4.78, 5) is 14.5. The van der Waals surface area contributed by atoms with E-state index in [1.54, 1.807) is 4.90 Å². The minimum atomic E-state index is -4.27. The minimum absolute atomic E-state index is 0.153. The molecule has 1 amide bonds. The van der Waals surface area contributed by atoms with Gasteiger partial charge in [-0.15, -0.1) is 0 Å². The smallest absolute Gasteiger partial charge is 0.241 e. The lowest BCUT2D eigenvalue weighted by Crippen LogP contribution is -2.40. The fraction of sp³-hybridized carbons (Fsp3) is 0.240. The summed E-state index contributed by atoms with van der Waals surface area (Å²) in [6.45, 7) is 1.85. The highest BCUT2D eigenvalue weighted by Crippen LogP contribution is 2.39. The lowest BCUT2D eigenvalue weighted by molar-refractivity contribution is -0.122. The van der Waals surface area contributed by atoms with Crippen LogP contribution in [0.4, 0.5) is 14.5 Å². The third kappa shape index (κ3) is 3.89. The van der Waals surface area contributed by atoms with Crippen molar-refractivity contribution in [3.8, 4) is 11.1 Å². The van der Waals surface area contributed by atoms with Gasteiger partial charge in [-0.05, 0) is 78.8 Å². The molecule has 0 fully saturated rings. The summed E-state index contributed by atoms with van der Waals surface area (Å²) in [5, 5.41) is 5.60. The Hall–Kier alpha value is -2.81. The van der Waals surface area contributed by atoms with Crippen LogP contribution in [0.1, 0.15) is 23.6 Å². The second kappa shape index (κ2) is 8.15. The quantitative estimate of drug-likeness (QED) is 0.567. The summed E-state index contributed by atoms with van der Waals surface area (Å²) in [7, 11) is -4.27. The Bertz CT molecular complexity index is 1460. The molecule has 34 heavy (non-hydrogen) atoms. The third-order valence-corrected chi connectivity index (χ3v) is 7.88. The molecule has 2 atom stereocenters. The van der Waals surface area contributed by atoms with Crippen LogP contribution in [0.2, 0.25) is 5.02 Å². The molecule has 5 nitrogen and oxygen atoms in total. The summed E-state index contributed by atoms with van der Waals surface area (Å²) < 4.78 is 51.7. The van der Waals surface area contributed by atoms with E-state index in [1.807, 2.05) is 25.1 Å². The fourth-order valence-electron chi connectivity index (χ4n) is 5.05. The predicted molar refractivity (Wildman–Crippen MR) is 126 cm³/mol. The normalized spacial score (nSPS) is 19.3. The Labute approximate surface area is 201 Å². The van der Waals surface area contributed by atoms with Gasteiger partial charge in [0.2, 0.25) is 15.9 Å². The summed E-state index contributed by atoms with van der Waals surface area (Å²) >= 11 is 6.26. The lowest BCUT2D eigenvalue weighted by atomic mass is 10.0. The maximum absolute atomic E-state index is 14.3. The SMILES string of the molecule is C[C@@H]1Cc2cc(F)c(S(N)(=O)=O)cc2N1C(=O)C1Cc2ccc(-c3cc(F)ccc3Cl)cc2C1. The molecule has 0 saturated carbocycles. The Kier molecular flexibility index (Phi) is 5.50. The first-order valence-electron chi connectivity index (χ1n) is 10.8. The number of anilines is 1. The number of halogens is 3. The Morgan fingerprint density at radius 3 is 2.47 bits per heavy atom. The van der Waals surface area contributed by atoms with Gasteiger partial charge in [-0.3, -0.25) is 4.79 Å². The van der Waals surface area contributed by atoms with E-state index in [-0.39, 0.29) is 23.7 Å². The molecule has 1 unspecified atom stereocenters. The highest BCUT2D eigenvalue weighted by molar-refractivity contribution is 7.89. The van der Waals surface area contributed by atoms with E-state index in [4.69, 9.17) is 16.7 Å². The number of rotatable bonds is 3. The van der Waals surface area contributed by atoms with Gasteiger partial charge in [-0.25, -0.2) is 22.3 Å². The van der Waals surface area contributed by atoms with Gasteiger partial charge in [0, 0.05) is 28.2 Å². The molecule has 1 aliphatic heterocycles. The van der Waals surface area contributed by atoms with Crippen LogP contribution in [0.25, 0.3) is 11.1 Å². The first-order valence-corrected chi connectivity index (χ1v) is 12.7. The van der Waals surface area contributed by atoms with E-state index in [9.17, 15) is 22.0 Å². The zero-order valence-electron chi connectivity index (χ0n) is 18.2. The van der Waals surface area contributed by atoms with Crippen LogP contribution < -0.4 is 10.0 Å². The van der Waals surface area contributed by atoms with Crippen LogP contribution in [0, 0.1) is 17.6 Å². The van der Waals surface area contributed by atoms with Crippen molar-refractivity contribution < 1.29 is 22.0 Å². The number of hydrogen-bond acceptors (Lipinski definition) is 3. The van der Waals surface area contributed by atoms with E-state index in [0.717, 1.165) is 28.8 Å². The maximum atomic E-state index is 14.3. The number of benzene rings is 3. The van der Waals surface area contributed by atoms with Crippen molar-refractivity contribution in [2.45, 2.75) is 37.1 Å². The molecule has 2 N–H and O–H groups in total. The van der Waals surface area contributed by atoms with Crippen molar-refractivity contribution in [1.82, 2.24) is 0 Å². The molecule has 3 aromatic rings. The average Bonchev–Trinajstić information content (AvgIpc) is 3.33. The molecule has 2 aliphatic rings. The molecule has 3 aromatic carbocycles. The van der Waals surface area contributed by atoms with Gasteiger partial charge < -0.3 is 4.90 Å². The van der Waals surface area contributed by atoms with Crippen molar-refractivity contribution in [1.29, 1.82) is 0 Å². The Morgan fingerprint density at radius 2 is 1.74 bits per heavy atom. The molecule has 0 saturated heterocycles. The van der Waals surface area contributed by atoms with Crippen LogP contribution in [0.3, 0.4) is 0 Å². The van der Waals surface area contributed by atoms with E-state index in [1.165, 1.54) is 18.2 Å². The van der Waals surface area contributed by atoms with Crippen LogP contribution >= 0.6 is 11.6 Å². The Balaban J connectivity index is 1.45. The summed E-state index contributed by atoms with van der Waals surface area (Å²) in [5.74, 6) is -1.81. The molecule has 1 heterocycles. The fourth-order valence-corrected chi connectivity index (χ4v) is 5.88.